The number of amides is 1. The second kappa shape index (κ2) is 32.2. The Kier molecular flexibility index (Phi) is 31.6. The second-order valence-electron chi connectivity index (χ2n) is 12.4. The van der Waals surface area contributed by atoms with E-state index in [1.807, 2.05) is 0 Å². The number of nitrogens with two attached hydrogens (primary N) is 1. The molecule has 0 fully saturated rings. The summed E-state index contributed by atoms with van der Waals surface area (Å²) >= 11 is 0. The van der Waals surface area contributed by atoms with Crippen LogP contribution in [0.5, 0.6) is 0 Å². The largest absolute Gasteiger partial charge is 0.472 e. The van der Waals surface area contributed by atoms with Crippen molar-refractivity contribution in [3.63, 3.8) is 0 Å². The van der Waals surface area contributed by atoms with Gasteiger partial charge < -0.3 is 21.1 Å². The fourth-order valence-corrected chi connectivity index (χ4v) is 6.07. The van der Waals surface area contributed by atoms with Crippen LogP contribution in [-0.2, 0) is 18.4 Å². The number of carbonyl (C=O) groups is 1. The summed E-state index contributed by atoms with van der Waals surface area (Å²) in [5.41, 5.74) is 5.34. The first kappa shape index (κ1) is 43.2. The summed E-state index contributed by atoms with van der Waals surface area (Å²) in [6, 6.07) is -0.770. The van der Waals surface area contributed by atoms with Crippen LogP contribution in [-0.4, -0.2) is 47.8 Å². The zero-order chi connectivity index (χ0) is 32.6. The molecule has 9 heteroatoms. The highest BCUT2D eigenvalue weighted by atomic mass is 31.2. The monoisotopic (exact) mass is 647 g/mol. The van der Waals surface area contributed by atoms with Crippen LogP contribution in [0.3, 0.4) is 0 Å². The van der Waals surface area contributed by atoms with Crippen LogP contribution in [0.1, 0.15) is 174 Å². The molecular formula is C35H71N2O6P. The molecule has 1 amide bonds. The number of aliphatic hydroxyl groups excluding tert-OH is 1. The maximum Gasteiger partial charge on any atom is 0.472 e. The van der Waals surface area contributed by atoms with Crippen molar-refractivity contribution >= 4 is 13.7 Å². The van der Waals surface area contributed by atoms with Gasteiger partial charge in [0.05, 0.1) is 25.4 Å². The molecule has 0 saturated heterocycles. The minimum absolute atomic E-state index is 0.0891. The third-order valence-electron chi connectivity index (χ3n) is 8.12. The van der Waals surface area contributed by atoms with Gasteiger partial charge in [0.25, 0.3) is 0 Å². The normalized spacial score (nSPS) is 14.6. The quantitative estimate of drug-likeness (QED) is 0.0311. The van der Waals surface area contributed by atoms with E-state index in [9.17, 15) is 19.4 Å². The van der Waals surface area contributed by atoms with Gasteiger partial charge in [-0.3, -0.25) is 13.8 Å². The van der Waals surface area contributed by atoms with Gasteiger partial charge in [0.15, 0.2) is 0 Å². The molecule has 5 N–H and O–H groups in total. The number of aliphatic hydroxyl groups is 1. The molecular weight excluding hydrogens is 575 g/mol. The number of hydrogen-bond acceptors (Lipinski definition) is 6. The van der Waals surface area contributed by atoms with Crippen molar-refractivity contribution in [2.75, 3.05) is 19.8 Å². The van der Waals surface area contributed by atoms with Gasteiger partial charge in [-0.05, 0) is 38.5 Å². The minimum atomic E-state index is -4.30. The summed E-state index contributed by atoms with van der Waals surface area (Å²) < 4.78 is 22.0. The Morgan fingerprint density at radius 2 is 1.18 bits per heavy atom. The smallest absolute Gasteiger partial charge is 0.391 e. The fraction of sp³-hybridized carbons (Fsp3) is 0.914. The number of nitrogens with one attached hydrogen (secondary N) is 1. The fourth-order valence-electron chi connectivity index (χ4n) is 5.31. The van der Waals surface area contributed by atoms with Gasteiger partial charge in [-0.25, -0.2) is 4.57 Å². The van der Waals surface area contributed by atoms with Gasteiger partial charge in [-0.2, -0.15) is 0 Å². The lowest BCUT2D eigenvalue weighted by molar-refractivity contribution is -0.123. The molecule has 0 saturated carbocycles. The van der Waals surface area contributed by atoms with Gasteiger partial charge in [0.2, 0.25) is 5.91 Å². The molecule has 44 heavy (non-hydrogen) atoms. The number of carbonyl (C=O) groups excluding carboxylic acids is 1. The predicted octanol–water partition coefficient (Wildman–Crippen LogP) is 9.27. The molecule has 0 spiro atoms. The summed E-state index contributed by atoms with van der Waals surface area (Å²) in [4.78, 5) is 22.5. The van der Waals surface area contributed by atoms with Crippen LogP contribution in [0, 0.1) is 0 Å². The number of phosphoric acid groups is 1. The lowest BCUT2D eigenvalue weighted by atomic mass is 10.0. The van der Waals surface area contributed by atoms with Crippen LogP contribution in [0.25, 0.3) is 0 Å². The molecule has 0 radical (unpaired) electrons. The average Bonchev–Trinajstić information content (AvgIpc) is 3.01. The maximum atomic E-state index is 12.7. The minimum Gasteiger partial charge on any atom is -0.391 e. The van der Waals surface area contributed by atoms with E-state index in [-0.39, 0.29) is 25.7 Å². The van der Waals surface area contributed by atoms with E-state index in [2.05, 4.69) is 31.3 Å². The molecule has 8 nitrogen and oxygen atoms in total. The molecule has 0 rings (SSSR count). The molecule has 3 unspecified atom stereocenters. The molecule has 0 aromatic rings. The maximum absolute atomic E-state index is 12.7. The van der Waals surface area contributed by atoms with Crippen molar-refractivity contribution in [1.82, 2.24) is 5.32 Å². The average molecular weight is 647 g/mol. The predicted molar refractivity (Wildman–Crippen MR) is 185 cm³/mol. The topological polar surface area (TPSA) is 131 Å². The summed E-state index contributed by atoms with van der Waals surface area (Å²) in [6.07, 6.45) is 32.2. The van der Waals surface area contributed by atoms with Crippen molar-refractivity contribution in [2.24, 2.45) is 5.73 Å². The molecule has 0 aliphatic heterocycles. The van der Waals surface area contributed by atoms with Crippen molar-refractivity contribution in [2.45, 2.75) is 187 Å². The Hall–Kier alpha value is -0.760. The highest BCUT2D eigenvalue weighted by Crippen LogP contribution is 2.43. The summed E-state index contributed by atoms with van der Waals surface area (Å²) in [6.45, 7) is 4.15. The van der Waals surface area contributed by atoms with E-state index < -0.39 is 20.0 Å². The van der Waals surface area contributed by atoms with Gasteiger partial charge >= 0.3 is 7.82 Å². The number of unbranched alkanes of at least 4 members (excludes halogenated alkanes) is 20. The Balaban J connectivity index is 4.17. The van der Waals surface area contributed by atoms with Crippen LogP contribution in [0.15, 0.2) is 12.2 Å². The molecule has 0 bridgehead atoms. The van der Waals surface area contributed by atoms with Gasteiger partial charge in [0.1, 0.15) is 0 Å². The van der Waals surface area contributed by atoms with Crippen molar-refractivity contribution in [1.29, 1.82) is 0 Å². The molecule has 0 aliphatic rings. The van der Waals surface area contributed by atoms with Crippen LogP contribution < -0.4 is 11.1 Å². The Morgan fingerprint density at radius 3 is 1.68 bits per heavy atom. The van der Waals surface area contributed by atoms with E-state index in [1.165, 1.54) is 109 Å². The van der Waals surface area contributed by atoms with Crippen LogP contribution in [0.2, 0.25) is 0 Å². The molecule has 0 aromatic carbocycles. The standard InChI is InChI=1S/C35H71N2O6P/c1-3-5-7-9-11-13-14-15-16-17-18-19-20-21-23-25-27-29-35(39)37-33(32-43-44(40,41)42-31-30-36)34(38)28-26-24-22-12-10-8-6-4-2/h15-16,33-34,38H,3-14,17-32,36H2,1-2H3,(H,37,39)(H,40,41)/b16-15-. The highest BCUT2D eigenvalue weighted by molar-refractivity contribution is 7.47. The van der Waals surface area contributed by atoms with E-state index in [1.54, 1.807) is 0 Å². The highest BCUT2D eigenvalue weighted by Gasteiger charge is 2.27. The zero-order valence-electron chi connectivity index (χ0n) is 28.7. The van der Waals surface area contributed by atoms with Gasteiger partial charge in [-0.15, -0.1) is 0 Å². The summed E-state index contributed by atoms with van der Waals surface area (Å²) in [5, 5.41) is 13.6. The van der Waals surface area contributed by atoms with Crippen molar-refractivity contribution < 1.29 is 28.4 Å². The number of rotatable bonds is 34. The molecule has 0 heterocycles. The van der Waals surface area contributed by atoms with E-state index in [0.717, 1.165) is 38.5 Å². The zero-order valence-corrected chi connectivity index (χ0v) is 29.6. The molecule has 3 atom stereocenters. The van der Waals surface area contributed by atoms with Crippen molar-refractivity contribution in [3.8, 4) is 0 Å². The van der Waals surface area contributed by atoms with E-state index in [4.69, 9.17) is 14.8 Å². The Labute approximate surface area is 271 Å². The van der Waals surface area contributed by atoms with Crippen LogP contribution in [0.4, 0.5) is 0 Å². The molecule has 0 aliphatic carbocycles. The third-order valence-corrected chi connectivity index (χ3v) is 9.10. The lowest BCUT2D eigenvalue weighted by Crippen LogP contribution is -2.46. The third kappa shape index (κ3) is 29.9. The number of allylic oxidation sites excluding steroid dienone is 2. The van der Waals surface area contributed by atoms with Crippen LogP contribution >= 0.6 is 7.82 Å². The van der Waals surface area contributed by atoms with Crippen molar-refractivity contribution in [3.05, 3.63) is 12.2 Å². The summed E-state index contributed by atoms with van der Waals surface area (Å²) in [7, 11) is -4.30. The Morgan fingerprint density at radius 1 is 0.727 bits per heavy atom. The first-order valence-electron chi connectivity index (χ1n) is 18.3. The lowest BCUT2D eigenvalue weighted by Gasteiger charge is -2.25. The first-order valence-corrected chi connectivity index (χ1v) is 19.8. The Bertz CT molecular complexity index is 709. The molecule has 0 aromatic heterocycles. The van der Waals surface area contributed by atoms with Gasteiger partial charge in [0, 0.05) is 13.0 Å². The SMILES string of the molecule is CCCCCCCC/C=C\CCCCCCCCCC(=O)NC(COP(=O)(O)OCCN)C(O)CCCCCCCCCC. The second-order valence-corrected chi connectivity index (χ2v) is 13.9. The summed E-state index contributed by atoms with van der Waals surface area (Å²) in [5.74, 6) is -0.169. The molecule has 262 valence electrons. The van der Waals surface area contributed by atoms with Gasteiger partial charge in [-0.1, -0.05) is 142 Å². The van der Waals surface area contributed by atoms with E-state index in [0.29, 0.717) is 12.8 Å². The van der Waals surface area contributed by atoms with E-state index >= 15 is 0 Å². The number of hydrogen-bond donors (Lipinski definition) is 4. The first-order chi connectivity index (χ1) is 21.4. The number of phosphoric ester groups is 1.